The molecule has 1 saturated heterocycles. The van der Waals surface area contributed by atoms with Gasteiger partial charge in [0.25, 0.3) is 5.91 Å². The van der Waals surface area contributed by atoms with Gasteiger partial charge < -0.3 is 25.1 Å². The average Bonchev–Trinajstić information content (AvgIpc) is 3.08. The molecule has 1 amide bonds. The Hall–Kier alpha value is -2.12. The summed E-state index contributed by atoms with van der Waals surface area (Å²) in [6, 6.07) is 4.98. The van der Waals surface area contributed by atoms with Crippen molar-refractivity contribution in [3.8, 4) is 0 Å². The van der Waals surface area contributed by atoms with Gasteiger partial charge in [0, 0.05) is 12.1 Å². The van der Waals surface area contributed by atoms with Gasteiger partial charge in [0.15, 0.2) is 0 Å². The fraction of sp³-hybridized carbons (Fsp3) is 0.429. The Morgan fingerprint density at radius 3 is 2.81 bits per heavy atom. The second-order valence-corrected chi connectivity index (χ2v) is 5.19. The first-order valence-electron chi connectivity index (χ1n) is 6.92. The maximum absolute atomic E-state index is 12.1. The zero-order valence-electron chi connectivity index (χ0n) is 11.4. The van der Waals surface area contributed by atoms with Crippen LogP contribution in [0.1, 0.15) is 23.2 Å². The second-order valence-electron chi connectivity index (χ2n) is 5.19. The van der Waals surface area contributed by atoms with Gasteiger partial charge in [0.1, 0.15) is 0 Å². The smallest absolute Gasteiger partial charge is 0.323 e. The molecule has 1 aliphatic heterocycles. The molecule has 1 fully saturated rings. The molecule has 0 radical (unpaired) electrons. The van der Waals surface area contributed by atoms with Gasteiger partial charge in [-0.2, -0.15) is 0 Å². The van der Waals surface area contributed by atoms with Crippen molar-refractivity contribution < 1.29 is 14.6 Å². The van der Waals surface area contributed by atoms with Gasteiger partial charge in [-0.05, 0) is 31.0 Å². The zero-order valence-corrected chi connectivity index (χ0v) is 11.4. The van der Waals surface area contributed by atoms with E-state index in [0.717, 1.165) is 12.8 Å². The number of aromatic amines is 2. The van der Waals surface area contributed by atoms with Gasteiger partial charge in [-0.25, -0.2) is 4.79 Å². The first kappa shape index (κ1) is 13.8. The fourth-order valence-electron chi connectivity index (χ4n) is 2.55. The lowest BCUT2D eigenvalue weighted by atomic mass is 10.1. The number of aromatic nitrogens is 2. The number of aliphatic hydroxyl groups excluding tert-OH is 1. The van der Waals surface area contributed by atoms with E-state index in [1.807, 2.05) is 0 Å². The lowest BCUT2D eigenvalue weighted by Gasteiger charge is -2.13. The predicted octanol–water partition coefficient (Wildman–Crippen LogP) is 0.126. The number of H-pyrrole nitrogens is 2. The normalized spacial score (nSPS) is 21.8. The third-order valence-corrected chi connectivity index (χ3v) is 3.67. The Morgan fingerprint density at radius 1 is 1.29 bits per heavy atom. The lowest BCUT2D eigenvalue weighted by Crippen LogP contribution is -2.32. The highest BCUT2D eigenvalue weighted by Gasteiger charge is 2.24. The molecule has 3 rings (SSSR count). The van der Waals surface area contributed by atoms with Crippen molar-refractivity contribution in [3.05, 3.63) is 34.2 Å². The van der Waals surface area contributed by atoms with Crippen molar-refractivity contribution in [1.82, 2.24) is 15.3 Å². The number of hydrogen-bond acceptors (Lipinski definition) is 4. The minimum Gasteiger partial charge on any atom is -0.394 e. The summed E-state index contributed by atoms with van der Waals surface area (Å²) in [5.41, 5.74) is 1.46. The molecule has 1 aromatic carbocycles. The number of ether oxygens (including phenoxy) is 1. The summed E-state index contributed by atoms with van der Waals surface area (Å²) in [7, 11) is 0. The van der Waals surface area contributed by atoms with E-state index in [4.69, 9.17) is 9.84 Å². The van der Waals surface area contributed by atoms with Gasteiger partial charge >= 0.3 is 5.69 Å². The van der Waals surface area contributed by atoms with Crippen molar-refractivity contribution in [3.63, 3.8) is 0 Å². The Morgan fingerprint density at radius 2 is 2.05 bits per heavy atom. The molecular weight excluding hydrogens is 274 g/mol. The first-order chi connectivity index (χ1) is 10.2. The minimum atomic E-state index is -0.294. The van der Waals surface area contributed by atoms with Crippen LogP contribution in [0.2, 0.25) is 0 Å². The summed E-state index contributed by atoms with van der Waals surface area (Å²) >= 11 is 0. The Kier molecular flexibility index (Phi) is 3.76. The number of nitrogens with one attached hydrogen (secondary N) is 3. The molecule has 0 aliphatic carbocycles. The molecule has 2 atom stereocenters. The van der Waals surface area contributed by atoms with E-state index >= 15 is 0 Å². The molecule has 21 heavy (non-hydrogen) atoms. The van der Waals surface area contributed by atoms with Crippen molar-refractivity contribution >= 4 is 16.9 Å². The van der Waals surface area contributed by atoms with Crippen molar-refractivity contribution in [1.29, 1.82) is 0 Å². The third kappa shape index (κ3) is 2.98. The number of aliphatic hydroxyl groups is 1. The highest BCUT2D eigenvalue weighted by molar-refractivity contribution is 5.97. The van der Waals surface area contributed by atoms with Crippen LogP contribution in [0, 0.1) is 0 Å². The highest BCUT2D eigenvalue weighted by Crippen LogP contribution is 2.18. The summed E-state index contributed by atoms with van der Waals surface area (Å²) in [5, 5.41) is 11.8. The van der Waals surface area contributed by atoms with Crippen LogP contribution >= 0.6 is 0 Å². The fourth-order valence-corrected chi connectivity index (χ4v) is 2.55. The van der Waals surface area contributed by atoms with E-state index in [0.29, 0.717) is 23.1 Å². The molecular formula is C14H17N3O4. The van der Waals surface area contributed by atoms with E-state index in [2.05, 4.69) is 15.3 Å². The lowest BCUT2D eigenvalue weighted by molar-refractivity contribution is 0.0125. The molecule has 4 N–H and O–H groups in total. The molecule has 0 bridgehead atoms. The number of carbonyl (C=O) groups is 1. The standard InChI is InChI=1S/C14H17N3O4/c18-7-10-3-2-9(21-10)6-15-13(19)8-1-4-11-12(5-8)17-14(20)16-11/h1,4-5,9-10,18H,2-3,6-7H2,(H,15,19)(H2,16,17,20)/t9-,10+/m1/s1. The Bertz CT molecular complexity index is 706. The monoisotopic (exact) mass is 291 g/mol. The van der Waals surface area contributed by atoms with Crippen molar-refractivity contribution in [2.24, 2.45) is 0 Å². The maximum atomic E-state index is 12.1. The largest absolute Gasteiger partial charge is 0.394 e. The maximum Gasteiger partial charge on any atom is 0.323 e. The van der Waals surface area contributed by atoms with Crippen molar-refractivity contribution in [2.75, 3.05) is 13.2 Å². The van der Waals surface area contributed by atoms with Gasteiger partial charge in [-0.15, -0.1) is 0 Å². The molecule has 2 aromatic rings. The van der Waals surface area contributed by atoms with Crippen molar-refractivity contribution in [2.45, 2.75) is 25.0 Å². The van der Waals surface area contributed by atoms with Gasteiger partial charge in [-0.1, -0.05) is 0 Å². The van der Waals surface area contributed by atoms with Crippen LogP contribution in [0.3, 0.4) is 0 Å². The van der Waals surface area contributed by atoms with Crippen LogP contribution in [0.4, 0.5) is 0 Å². The summed E-state index contributed by atoms with van der Waals surface area (Å²) in [5.74, 6) is -0.213. The molecule has 0 saturated carbocycles. The number of hydrogen-bond donors (Lipinski definition) is 4. The number of imidazole rings is 1. The predicted molar refractivity (Wildman–Crippen MR) is 76.2 cm³/mol. The molecule has 7 heteroatoms. The summed E-state index contributed by atoms with van der Waals surface area (Å²) in [4.78, 5) is 28.5. The van der Waals surface area contributed by atoms with Crippen LogP contribution in [0.15, 0.2) is 23.0 Å². The number of fused-ring (bicyclic) bond motifs is 1. The van der Waals surface area contributed by atoms with Crippen LogP contribution < -0.4 is 11.0 Å². The topological polar surface area (TPSA) is 107 Å². The van der Waals surface area contributed by atoms with E-state index in [1.165, 1.54) is 0 Å². The summed E-state index contributed by atoms with van der Waals surface area (Å²) in [6.07, 6.45) is 1.47. The summed E-state index contributed by atoms with van der Waals surface area (Å²) in [6.45, 7) is 0.430. The molecule has 1 aromatic heterocycles. The zero-order chi connectivity index (χ0) is 14.8. The Balaban J connectivity index is 1.62. The van der Waals surface area contributed by atoms with Crippen LogP contribution in [0.25, 0.3) is 11.0 Å². The SMILES string of the molecule is O=C(NC[C@H]1CC[C@@H](CO)O1)c1ccc2[nH]c(=O)[nH]c2c1. The number of amides is 1. The van der Waals surface area contributed by atoms with Crippen LogP contribution in [0.5, 0.6) is 0 Å². The Labute approximate surface area is 120 Å². The van der Waals surface area contributed by atoms with Gasteiger partial charge in [-0.3, -0.25) is 4.79 Å². The number of rotatable bonds is 4. The average molecular weight is 291 g/mol. The molecule has 0 spiro atoms. The molecule has 1 aliphatic rings. The molecule has 7 nitrogen and oxygen atoms in total. The van der Waals surface area contributed by atoms with E-state index in [-0.39, 0.29) is 30.4 Å². The molecule has 0 unspecified atom stereocenters. The van der Waals surface area contributed by atoms with Crippen LogP contribution in [-0.4, -0.2) is 46.3 Å². The van der Waals surface area contributed by atoms with Gasteiger partial charge in [0.2, 0.25) is 0 Å². The quantitative estimate of drug-likeness (QED) is 0.642. The van der Waals surface area contributed by atoms with E-state index in [9.17, 15) is 9.59 Å². The van der Waals surface area contributed by atoms with Crippen LogP contribution in [-0.2, 0) is 4.74 Å². The summed E-state index contributed by atoms with van der Waals surface area (Å²) < 4.78 is 5.55. The van der Waals surface area contributed by atoms with E-state index < -0.39 is 0 Å². The third-order valence-electron chi connectivity index (χ3n) is 3.67. The highest BCUT2D eigenvalue weighted by atomic mass is 16.5. The number of carbonyl (C=O) groups excluding carboxylic acids is 1. The molecule has 2 heterocycles. The number of benzene rings is 1. The minimum absolute atomic E-state index is 0.0158. The first-order valence-corrected chi connectivity index (χ1v) is 6.92. The van der Waals surface area contributed by atoms with E-state index in [1.54, 1.807) is 18.2 Å². The second kappa shape index (κ2) is 5.71. The van der Waals surface area contributed by atoms with Gasteiger partial charge in [0.05, 0.1) is 29.8 Å². The molecule has 112 valence electrons.